The number of aryl methyl sites for hydroxylation is 1. The molecule has 1 aromatic carbocycles. The molecule has 0 amide bonds. The standard InChI is InChI=1S/C15H19FN2O/c1-11-12(8-15(19-11)9-17-2)10-18(3)14-6-4-13(16)5-7-14/h4-8,17H,9-10H2,1-3H3. The zero-order chi connectivity index (χ0) is 13.8. The lowest BCUT2D eigenvalue weighted by molar-refractivity contribution is 0.469. The van der Waals surface area contributed by atoms with Crippen molar-refractivity contribution in [1.29, 1.82) is 0 Å². The Morgan fingerprint density at radius 2 is 1.95 bits per heavy atom. The van der Waals surface area contributed by atoms with Crippen molar-refractivity contribution in [2.24, 2.45) is 0 Å². The molecule has 2 aromatic rings. The Labute approximate surface area is 113 Å². The number of furan rings is 1. The Kier molecular flexibility index (Phi) is 4.22. The van der Waals surface area contributed by atoms with E-state index in [1.807, 2.05) is 21.0 Å². The number of nitrogens with one attached hydrogen (secondary N) is 1. The maximum atomic E-state index is 12.9. The lowest BCUT2D eigenvalue weighted by atomic mass is 10.2. The summed E-state index contributed by atoms with van der Waals surface area (Å²) in [5, 5.41) is 3.07. The predicted octanol–water partition coefficient (Wildman–Crippen LogP) is 3.08. The molecule has 102 valence electrons. The molecule has 4 heteroatoms. The molecule has 0 bridgehead atoms. The minimum absolute atomic E-state index is 0.215. The maximum Gasteiger partial charge on any atom is 0.123 e. The van der Waals surface area contributed by atoms with Gasteiger partial charge in [0, 0.05) is 24.8 Å². The second kappa shape index (κ2) is 5.89. The van der Waals surface area contributed by atoms with Crippen molar-refractivity contribution in [3.8, 4) is 0 Å². The van der Waals surface area contributed by atoms with Crippen LogP contribution in [-0.4, -0.2) is 14.1 Å². The number of halogens is 1. The average molecular weight is 262 g/mol. The van der Waals surface area contributed by atoms with E-state index in [2.05, 4.69) is 16.3 Å². The van der Waals surface area contributed by atoms with E-state index in [4.69, 9.17) is 4.42 Å². The molecule has 0 fully saturated rings. The Balaban J connectivity index is 2.09. The molecule has 2 rings (SSSR count). The lowest BCUT2D eigenvalue weighted by Crippen LogP contribution is -2.16. The monoisotopic (exact) mass is 262 g/mol. The van der Waals surface area contributed by atoms with Crippen LogP contribution < -0.4 is 10.2 Å². The smallest absolute Gasteiger partial charge is 0.123 e. The van der Waals surface area contributed by atoms with Gasteiger partial charge in [0.15, 0.2) is 0 Å². The van der Waals surface area contributed by atoms with Crippen LogP contribution in [-0.2, 0) is 13.1 Å². The summed E-state index contributed by atoms with van der Waals surface area (Å²) in [4.78, 5) is 2.07. The first-order valence-electron chi connectivity index (χ1n) is 6.29. The summed E-state index contributed by atoms with van der Waals surface area (Å²) >= 11 is 0. The zero-order valence-electron chi connectivity index (χ0n) is 11.5. The SMILES string of the molecule is CNCc1cc(CN(C)c2ccc(F)cc2)c(C)o1. The van der Waals surface area contributed by atoms with Crippen LogP contribution in [0.3, 0.4) is 0 Å². The highest BCUT2D eigenvalue weighted by atomic mass is 19.1. The molecule has 0 aliphatic carbocycles. The van der Waals surface area contributed by atoms with E-state index in [0.29, 0.717) is 0 Å². The van der Waals surface area contributed by atoms with Crippen LogP contribution in [0.5, 0.6) is 0 Å². The average Bonchev–Trinajstić information content (AvgIpc) is 2.71. The van der Waals surface area contributed by atoms with Crippen molar-refractivity contribution < 1.29 is 8.81 Å². The van der Waals surface area contributed by atoms with Crippen molar-refractivity contribution in [2.75, 3.05) is 19.0 Å². The quantitative estimate of drug-likeness (QED) is 0.897. The Morgan fingerprint density at radius 3 is 2.58 bits per heavy atom. The third-order valence-corrected chi connectivity index (χ3v) is 3.10. The van der Waals surface area contributed by atoms with Gasteiger partial charge in [-0.2, -0.15) is 0 Å². The van der Waals surface area contributed by atoms with Gasteiger partial charge in [-0.1, -0.05) is 0 Å². The number of hydrogen-bond acceptors (Lipinski definition) is 3. The number of anilines is 1. The molecule has 0 unspecified atom stereocenters. The van der Waals surface area contributed by atoms with Crippen molar-refractivity contribution >= 4 is 5.69 Å². The molecule has 3 nitrogen and oxygen atoms in total. The maximum absolute atomic E-state index is 12.9. The topological polar surface area (TPSA) is 28.4 Å². The Bertz CT molecular complexity index is 534. The fraction of sp³-hybridized carbons (Fsp3) is 0.333. The van der Waals surface area contributed by atoms with Crippen LogP contribution in [0.25, 0.3) is 0 Å². The van der Waals surface area contributed by atoms with Crippen molar-refractivity contribution in [1.82, 2.24) is 5.32 Å². The molecule has 0 radical (unpaired) electrons. The second-order valence-corrected chi connectivity index (χ2v) is 4.66. The van der Waals surface area contributed by atoms with Crippen LogP contribution in [0.4, 0.5) is 10.1 Å². The van der Waals surface area contributed by atoms with Crippen LogP contribution in [0.2, 0.25) is 0 Å². The van der Waals surface area contributed by atoms with Gasteiger partial charge in [-0.25, -0.2) is 4.39 Å². The molecule has 1 N–H and O–H groups in total. The van der Waals surface area contributed by atoms with E-state index in [1.54, 1.807) is 12.1 Å². The highest BCUT2D eigenvalue weighted by Crippen LogP contribution is 2.20. The van der Waals surface area contributed by atoms with Crippen LogP contribution >= 0.6 is 0 Å². The molecule has 19 heavy (non-hydrogen) atoms. The molecular weight excluding hydrogens is 243 g/mol. The first-order valence-corrected chi connectivity index (χ1v) is 6.29. The summed E-state index contributed by atoms with van der Waals surface area (Å²) in [5.41, 5.74) is 2.13. The Morgan fingerprint density at radius 1 is 1.26 bits per heavy atom. The fourth-order valence-electron chi connectivity index (χ4n) is 2.05. The van der Waals surface area contributed by atoms with Gasteiger partial charge in [0.2, 0.25) is 0 Å². The molecular formula is C15H19FN2O. The third kappa shape index (κ3) is 3.35. The summed E-state index contributed by atoms with van der Waals surface area (Å²) in [5.74, 6) is 1.65. The summed E-state index contributed by atoms with van der Waals surface area (Å²) < 4.78 is 18.6. The minimum atomic E-state index is -0.215. The molecule has 0 saturated carbocycles. The van der Waals surface area contributed by atoms with Crippen molar-refractivity contribution in [2.45, 2.75) is 20.0 Å². The van der Waals surface area contributed by atoms with Gasteiger partial charge in [0.1, 0.15) is 17.3 Å². The molecule has 0 aliphatic rings. The normalized spacial score (nSPS) is 10.7. The summed E-state index contributed by atoms with van der Waals surface area (Å²) in [6.45, 7) is 3.43. The van der Waals surface area contributed by atoms with Gasteiger partial charge in [-0.15, -0.1) is 0 Å². The van der Waals surface area contributed by atoms with E-state index in [1.165, 1.54) is 12.1 Å². The lowest BCUT2D eigenvalue weighted by Gasteiger charge is -2.18. The van der Waals surface area contributed by atoms with E-state index in [-0.39, 0.29) is 5.82 Å². The van der Waals surface area contributed by atoms with Crippen LogP contribution in [0, 0.1) is 12.7 Å². The van der Waals surface area contributed by atoms with E-state index in [9.17, 15) is 4.39 Å². The van der Waals surface area contributed by atoms with Gasteiger partial charge in [0.05, 0.1) is 6.54 Å². The predicted molar refractivity (Wildman–Crippen MR) is 74.7 cm³/mol. The minimum Gasteiger partial charge on any atom is -0.465 e. The van der Waals surface area contributed by atoms with Gasteiger partial charge >= 0.3 is 0 Å². The Hall–Kier alpha value is -1.81. The summed E-state index contributed by atoms with van der Waals surface area (Å²) in [6.07, 6.45) is 0. The van der Waals surface area contributed by atoms with Gasteiger partial charge in [-0.3, -0.25) is 0 Å². The number of nitrogens with zero attached hydrogens (tertiary/aromatic N) is 1. The number of hydrogen-bond donors (Lipinski definition) is 1. The van der Waals surface area contributed by atoms with E-state index in [0.717, 1.165) is 35.9 Å². The largest absolute Gasteiger partial charge is 0.465 e. The van der Waals surface area contributed by atoms with Gasteiger partial charge < -0.3 is 14.6 Å². The molecule has 0 aliphatic heterocycles. The number of benzene rings is 1. The van der Waals surface area contributed by atoms with Crippen molar-refractivity contribution in [3.05, 3.63) is 53.2 Å². The molecule has 0 saturated heterocycles. The molecule has 0 spiro atoms. The molecule has 1 aromatic heterocycles. The van der Waals surface area contributed by atoms with Gasteiger partial charge in [-0.05, 0) is 44.3 Å². The number of rotatable bonds is 5. The van der Waals surface area contributed by atoms with Gasteiger partial charge in [0.25, 0.3) is 0 Å². The van der Waals surface area contributed by atoms with Crippen LogP contribution in [0.15, 0.2) is 34.7 Å². The highest BCUT2D eigenvalue weighted by Gasteiger charge is 2.10. The van der Waals surface area contributed by atoms with Crippen LogP contribution in [0.1, 0.15) is 17.1 Å². The first-order chi connectivity index (χ1) is 9.10. The third-order valence-electron chi connectivity index (χ3n) is 3.10. The summed E-state index contributed by atoms with van der Waals surface area (Å²) in [6, 6.07) is 8.56. The highest BCUT2D eigenvalue weighted by molar-refractivity contribution is 5.46. The fourth-order valence-corrected chi connectivity index (χ4v) is 2.05. The van der Waals surface area contributed by atoms with E-state index >= 15 is 0 Å². The van der Waals surface area contributed by atoms with Crippen molar-refractivity contribution in [3.63, 3.8) is 0 Å². The summed E-state index contributed by atoms with van der Waals surface area (Å²) in [7, 11) is 3.87. The second-order valence-electron chi connectivity index (χ2n) is 4.66. The molecule has 0 atom stereocenters. The molecule has 1 heterocycles. The van der Waals surface area contributed by atoms with E-state index < -0.39 is 0 Å². The first kappa shape index (κ1) is 13.6. The zero-order valence-corrected chi connectivity index (χ0v) is 11.5.